The molecule has 2 aliphatic carbocycles. The first-order valence-electron chi connectivity index (χ1n) is 9.98. The normalized spacial score (nSPS) is 39.4. The van der Waals surface area contributed by atoms with Crippen molar-refractivity contribution in [3.63, 3.8) is 0 Å². The van der Waals surface area contributed by atoms with E-state index in [-0.39, 0.29) is 36.1 Å². The molecule has 4 rings (SSSR count). The molecule has 0 radical (unpaired) electrons. The van der Waals surface area contributed by atoms with Crippen molar-refractivity contribution in [3.8, 4) is 0 Å². The van der Waals surface area contributed by atoms with E-state index in [4.69, 9.17) is 4.74 Å². The minimum absolute atomic E-state index is 0. The molecule has 2 saturated heterocycles. The zero-order valence-electron chi connectivity index (χ0n) is 15.3. The summed E-state index contributed by atoms with van der Waals surface area (Å²) in [5, 5.41) is 13.9. The summed E-state index contributed by atoms with van der Waals surface area (Å²) in [6.45, 7) is 4.26. The SMILES string of the molecule is CCOC1CC(O)C12CCN(C(=O)C1CC3CCCCC3N1)CC2.Cl. The number of hydrogen-bond donors (Lipinski definition) is 2. The number of ether oxygens (including phenoxy) is 1. The third-order valence-corrected chi connectivity index (χ3v) is 7.28. The maximum Gasteiger partial charge on any atom is 0.239 e. The molecule has 6 heteroatoms. The number of hydrogen-bond acceptors (Lipinski definition) is 4. The monoisotopic (exact) mass is 372 g/mol. The van der Waals surface area contributed by atoms with E-state index < -0.39 is 0 Å². The summed E-state index contributed by atoms with van der Waals surface area (Å²) >= 11 is 0. The van der Waals surface area contributed by atoms with E-state index in [1.165, 1.54) is 25.7 Å². The Kier molecular flexibility index (Phi) is 5.98. The van der Waals surface area contributed by atoms with Crippen molar-refractivity contribution in [1.82, 2.24) is 10.2 Å². The number of fused-ring (bicyclic) bond motifs is 1. The van der Waals surface area contributed by atoms with Crippen LogP contribution in [0.25, 0.3) is 0 Å². The number of halogens is 1. The van der Waals surface area contributed by atoms with Gasteiger partial charge in [-0.05, 0) is 44.9 Å². The molecule has 1 spiro atoms. The fourth-order valence-corrected chi connectivity index (χ4v) is 5.69. The zero-order chi connectivity index (χ0) is 16.7. The van der Waals surface area contributed by atoms with Crippen LogP contribution in [0.1, 0.15) is 58.3 Å². The Hall–Kier alpha value is -0.360. The van der Waals surface area contributed by atoms with Gasteiger partial charge >= 0.3 is 0 Å². The van der Waals surface area contributed by atoms with Crippen molar-refractivity contribution in [2.45, 2.75) is 82.6 Å². The summed E-state index contributed by atoms with van der Waals surface area (Å²) in [5.74, 6) is 1.00. The molecule has 144 valence electrons. The van der Waals surface area contributed by atoms with Crippen LogP contribution in [0.15, 0.2) is 0 Å². The summed E-state index contributed by atoms with van der Waals surface area (Å²) in [6, 6.07) is 0.598. The fourth-order valence-electron chi connectivity index (χ4n) is 5.69. The van der Waals surface area contributed by atoms with Crippen LogP contribution in [-0.4, -0.2) is 59.9 Å². The van der Waals surface area contributed by atoms with Gasteiger partial charge in [-0.25, -0.2) is 0 Å². The Balaban J connectivity index is 0.00000182. The van der Waals surface area contributed by atoms with Crippen LogP contribution in [0.4, 0.5) is 0 Å². The third kappa shape index (κ3) is 3.33. The Morgan fingerprint density at radius 1 is 1.24 bits per heavy atom. The molecule has 25 heavy (non-hydrogen) atoms. The van der Waals surface area contributed by atoms with Crippen molar-refractivity contribution in [2.75, 3.05) is 19.7 Å². The highest BCUT2D eigenvalue weighted by Gasteiger charge is 2.56. The molecular formula is C19H33ClN2O3. The van der Waals surface area contributed by atoms with Crippen LogP contribution in [0.5, 0.6) is 0 Å². The molecule has 5 atom stereocenters. The van der Waals surface area contributed by atoms with Gasteiger partial charge in [-0.1, -0.05) is 12.8 Å². The lowest BCUT2D eigenvalue weighted by molar-refractivity contribution is -0.210. The molecule has 1 amide bonds. The molecule has 2 aliphatic heterocycles. The predicted molar refractivity (Wildman–Crippen MR) is 98.8 cm³/mol. The molecule has 5 unspecified atom stereocenters. The number of amides is 1. The van der Waals surface area contributed by atoms with Gasteiger partial charge in [0.1, 0.15) is 0 Å². The quantitative estimate of drug-likeness (QED) is 0.796. The van der Waals surface area contributed by atoms with Crippen molar-refractivity contribution >= 4 is 18.3 Å². The lowest BCUT2D eigenvalue weighted by atomic mass is 9.58. The van der Waals surface area contributed by atoms with E-state index in [9.17, 15) is 9.90 Å². The van der Waals surface area contributed by atoms with Gasteiger partial charge in [0.2, 0.25) is 5.91 Å². The lowest BCUT2D eigenvalue weighted by Crippen LogP contribution is -2.63. The number of nitrogens with one attached hydrogen (secondary N) is 1. The molecule has 0 aromatic heterocycles. The van der Waals surface area contributed by atoms with E-state index in [0.29, 0.717) is 24.5 Å². The average Bonchev–Trinajstić information content (AvgIpc) is 3.05. The van der Waals surface area contributed by atoms with Gasteiger partial charge in [0.05, 0.1) is 18.2 Å². The van der Waals surface area contributed by atoms with Crippen molar-refractivity contribution in [1.29, 1.82) is 0 Å². The fraction of sp³-hybridized carbons (Fsp3) is 0.947. The molecule has 0 bridgehead atoms. The van der Waals surface area contributed by atoms with Gasteiger partial charge in [0.15, 0.2) is 0 Å². The summed E-state index contributed by atoms with van der Waals surface area (Å²) in [4.78, 5) is 15.0. The Morgan fingerprint density at radius 3 is 2.60 bits per heavy atom. The highest BCUT2D eigenvalue weighted by molar-refractivity contribution is 5.85. The van der Waals surface area contributed by atoms with E-state index >= 15 is 0 Å². The second-order valence-electron chi connectivity index (χ2n) is 8.36. The second kappa shape index (κ2) is 7.71. The standard InChI is InChI=1S/C19H32N2O3.ClH/c1-2-24-17-12-16(22)19(17)7-9-21(10-8-19)18(23)15-11-13-5-3-4-6-14(13)20-15;/h13-17,20,22H,2-12H2,1H3;1H. The largest absolute Gasteiger partial charge is 0.392 e. The third-order valence-electron chi connectivity index (χ3n) is 7.28. The van der Waals surface area contributed by atoms with E-state index in [1.54, 1.807) is 0 Å². The van der Waals surface area contributed by atoms with Crippen molar-refractivity contribution < 1.29 is 14.6 Å². The smallest absolute Gasteiger partial charge is 0.239 e. The number of carbonyl (C=O) groups is 1. The Bertz CT molecular complexity index is 465. The van der Waals surface area contributed by atoms with E-state index in [2.05, 4.69) is 5.32 Å². The van der Waals surface area contributed by atoms with Crippen LogP contribution < -0.4 is 5.32 Å². The number of nitrogens with zero attached hydrogens (tertiary/aromatic N) is 1. The minimum atomic E-state index is -0.251. The molecular weight excluding hydrogens is 340 g/mol. The van der Waals surface area contributed by atoms with Crippen LogP contribution in [0.3, 0.4) is 0 Å². The van der Waals surface area contributed by atoms with Crippen LogP contribution in [0, 0.1) is 11.3 Å². The topological polar surface area (TPSA) is 61.8 Å². The van der Waals surface area contributed by atoms with Gasteiger partial charge in [-0.15, -0.1) is 12.4 Å². The lowest BCUT2D eigenvalue weighted by Gasteiger charge is -2.56. The molecule has 0 aromatic rings. The summed E-state index contributed by atoms with van der Waals surface area (Å²) in [7, 11) is 0. The van der Waals surface area contributed by atoms with Crippen LogP contribution in [-0.2, 0) is 9.53 Å². The second-order valence-corrected chi connectivity index (χ2v) is 8.36. The number of carbonyl (C=O) groups excluding carboxylic acids is 1. The Labute approximate surface area is 157 Å². The van der Waals surface area contributed by atoms with Crippen LogP contribution >= 0.6 is 12.4 Å². The first kappa shape index (κ1) is 19.4. The Morgan fingerprint density at radius 2 is 1.96 bits per heavy atom. The van der Waals surface area contributed by atoms with Gasteiger partial charge in [0.25, 0.3) is 0 Å². The number of piperidine rings is 1. The molecule has 4 fully saturated rings. The summed E-state index contributed by atoms with van der Waals surface area (Å²) < 4.78 is 5.83. The first-order chi connectivity index (χ1) is 11.6. The average molecular weight is 373 g/mol. The number of rotatable bonds is 3. The number of aliphatic hydroxyl groups is 1. The van der Waals surface area contributed by atoms with Crippen molar-refractivity contribution in [2.24, 2.45) is 11.3 Å². The minimum Gasteiger partial charge on any atom is -0.392 e. The molecule has 2 N–H and O–H groups in total. The molecule has 4 aliphatic rings. The summed E-state index contributed by atoms with van der Waals surface area (Å²) in [6.07, 6.45) is 8.62. The highest BCUT2D eigenvalue weighted by atomic mass is 35.5. The van der Waals surface area contributed by atoms with Gasteiger partial charge in [0, 0.05) is 37.6 Å². The summed E-state index contributed by atoms with van der Waals surface area (Å²) in [5.41, 5.74) is -0.0934. The predicted octanol–water partition coefficient (Wildman–Crippen LogP) is 2.11. The van der Waals surface area contributed by atoms with Gasteiger partial charge < -0.3 is 20.1 Å². The maximum atomic E-state index is 12.9. The first-order valence-corrected chi connectivity index (χ1v) is 9.98. The molecule has 0 aromatic carbocycles. The number of aliphatic hydroxyl groups excluding tert-OH is 1. The highest BCUT2D eigenvalue weighted by Crippen LogP contribution is 2.51. The molecule has 5 nitrogen and oxygen atoms in total. The van der Waals surface area contributed by atoms with Gasteiger partial charge in [-0.2, -0.15) is 0 Å². The van der Waals surface area contributed by atoms with Gasteiger partial charge in [-0.3, -0.25) is 4.79 Å². The van der Waals surface area contributed by atoms with E-state index in [1.807, 2.05) is 11.8 Å². The zero-order valence-corrected chi connectivity index (χ0v) is 16.1. The van der Waals surface area contributed by atoms with Crippen LogP contribution in [0.2, 0.25) is 0 Å². The molecule has 2 saturated carbocycles. The van der Waals surface area contributed by atoms with Crippen molar-refractivity contribution in [3.05, 3.63) is 0 Å². The molecule has 2 heterocycles. The van der Waals surface area contributed by atoms with E-state index in [0.717, 1.165) is 38.8 Å². The number of likely N-dealkylation sites (tertiary alicyclic amines) is 1. The maximum absolute atomic E-state index is 12.9.